The fourth-order valence-corrected chi connectivity index (χ4v) is 3.16. The van der Waals surface area contributed by atoms with Crippen molar-refractivity contribution in [3.63, 3.8) is 0 Å². The van der Waals surface area contributed by atoms with Crippen LogP contribution in [-0.2, 0) is 11.2 Å². The van der Waals surface area contributed by atoms with E-state index in [2.05, 4.69) is 0 Å². The second-order valence-corrected chi connectivity index (χ2v) is 5.93. The number of halogens is 2. The zero-order valence-corrected chi connectivity index (χ0v) is 13.8. The van der Waals surface area contributed by atoms with E-state index in [0.717, 1.165) is 16.5 Å². The highest BCUT2D eigenvalue weighted by molar-refractivity contribution is 6.44. The van der Waals surface area contributed by atoms with E-state index < -0.39 is 0 Å². The average Bonchev–Trinajstić information content (AvgIpc) is 2.82. The molecule has 2 aromatic carbocycles. The molecule has 0 aliphatic carbocycles. The summed E-state index contributed by atoms with van der Waals surface area (Å²) < 4.78 is 1.57. The van der Waals surface area contributed by atoms with Crippen LogP contribution in [0.25, 0.3) is 10.9 Å². The van der Waals surface area contributed by atoms with Crippen molar-refractivity contribution < 1.29 is 9.59 Å². The molecule has 0 bridgehead atoms. The number of carbonyl (C=O) groups excluding carboxylic acids is 2. The van der Waals surface area contributed by atoms with Gasteiger partial charge in [0.05, 0.1) is 21.1 Å². The Morgan fingerprint density at radius 1 is 1.13 bits per heavy atom. The predicted molar refractivity (Wildman–Crippen MR) is 92.3 cm³/mol. The van der Waals surface area contributed by atoms with Crippen LogP contribution in [0.2, 0.25) is 10.0 Å². The molecule has 3 rings (SSSR count). The monoisotopic (exact) mass is 344 g/mol. The van der Waals surface area contributed by atoms with Crippen molar-refractivity contribution in [3.05, 3.63) is 69.3 Å². The Kier molecular flexibility index (Phi) is 4.24. The molecule has 0 fully saturated rings. The number of hydrogen-bond donors (Lipinski definition) is 0. The third-order valence-electron chi connectivity index (χ3n) is 3.88. The van der Waals surface area contributed by atoms with Gasteiger partial charge in [-0.25, -0.2) is 0 Å². The molecule has 1 radical (unpaired) electrons. The first-order chi connectivity index (χ1) is 11.1. The number of fused-ring (bicyclic) bond motifs is 1. The topological polar surface area (TPSA) is 39.1 Å². The molecular weight excluding hydrogens is 333 g/mol. The summed E-state index contributed by atoms with van der Waals surface area (Å²) in [6.45, 7) is 1.81. The van der Waals surface area contributed by atoms with Crippen LogP contribution in [0.15, 0.2) is 42.5 Å². The molecule has 3 aromatic rings. The first kappa shape index (κ1) is 15.8. The molecular formula is C18H12Cl2NO2. The summed E-state index contributed by atoms with van der Waals surface area (Å²) in [5, 5.41) is 1.41. The molecule has 1 aromatic heterocycles. The van der Waals surface area contributed by atoms with Gasteiger partial charge in [-0.15, -0.1) is 0 Å². The van der Waals surface area contributed by atoms with E-state index in [4.69, 9.17) is 23.2 Å². The maximum absolute atomic E-state index is 13.0. The summed E-state index contributed by atoms with van der Waals surface area (Å²) in [5.41, 5.74) is 2.55. The van der Waals surface area contributed by atoms with Gasteiger partial charge in [-0.3, -0.25) is 14.2 Å². The minimum atomic E-state index is -0.275. The van der Waals surface area contributed by atoms with E-state index in [9.17, 15) is 9.59 Å². The molecule has 5 heteroatoms. The van der Waals surface area contributed by atoms with Gasteiger partial charge in [-0.2, -0.15) is 0 Å². The predicted octanol–water partition coefficient (Wildman–Crippen LogP) is 4.60. The van der Waals surface area contributed by atoms with Gasteiger partial charge in [0.15, 0.2) is 0 Å². The quantitative estimate of drug-likeness (QED) is 0.696. The molecule has 23 heavy (non-hydrogen) atoms. The fraction of sp³-hybridized carbons (Fsp3) is 0.111. The lowest BCUT2D eigenvalue weighted by Crippen LogP contribution is -2.14. The largest absolute Gasteiger partial charge is 0.291 e. The standard InChI is InChI=1S/C18H12Cl2NO2/c1-11-12(9-10-22)13-5-2-3-8-16(13)21(11)18(23)14-6-4-7-15(19)17(14)20/h2-8H,9H2,1H3. The normalized spacial score (nSPS) is 10.9. The number of hydrogen-bond acceptors (Lipinski definition) is 2. The van der Waals surface area contributed by atoms with Crippen molar-refractivity contribution in [2.24, 2.45) is 0 Å². The van der Waals surface area contributed by atoms with Gasteiger partial charge in [-0.05, 0) is 30.7 Å². The van der Waals surface area contributed by atoms with E-state index in [1.165, 1.54) is 0 Å². The summed E-state index contributed by atoms with van der Waals surface area (Å²) >= 11 is 12.2. The van der Waals surface area contributed by atoms with E-state index in [-0.39, 0.29) is 17.4 Å². The Bertz CT molecular complexity index is 928. The van der Waals surface area contributed by atoms with Crippen LogP contribution in [-0.4, -0.2) is 16.8 Å². The van der Waals surface area contributed by atoms with Crippen LogP contribution in [0.5, 0.6) is 0 Å². The molecule has 0 N–H and O–H groups in total. The number of carbonyl (C=O) groups is 1. The van der Waals surface area contributed by atoms with Crippen LogP contribution < -0.4 is 0 Å². The lowest BCUT2D eigenvalue weighted by Gasteiger charge is -2.09. The molecule has 0 aliphatic rings. The average molecular weight is 345 g/mol. The summed E-state index contributed by atoms with van der Waals surface area (Å²) in [7, 11) is 0. The molecule has 3 nitrogen and oxygen atoms in total. The van der Waals surface area contributed by atoms with Gasteiger partial charge in [0, 0.05) is 17.5 Å². The molecule has 0 saturated heterocycles. The maximum atomic E-state index is 13.0. The van der Waals surface area contributed by atoms with Crippen molar-refractivity contribution in [3.8, 4) is 0 Å². The first-order valence-electron chi connectivity index (χ1n) is 6.99. The summed E-state index contributed by atoms with van der Waals surface area (Å²) in [5.74, 6) is -0.275. The number of para-hydroxylation sites is 1. The van der Waals surface area contributed by atoms with E-state index in [1.807, 2.05) is 37.5 Å². The van der Waals surface area contributed by atoms with Crippen molar-refractivity contribution in [1.29, 1.82) is 0 Å². The minimum Gasteiger partial charge on any atom is -0.291 e. The van der Waals surface area contributed by atoms with Crippen LogP contribution in [0.3, 0.4) is 0 Å². The molecule has 0 unspecified atom stereocenters. The molecule has 0 spiro atoms. The lowest BCUT2D eigenvalue weighted by atomic mass is 10.1. The zero-order valence-electron chi connectivity index (χ0n) is 12.3. The van der Waals surface area contributed by atoms with Gasteiger partial charge in [0.2, 0.25) is 6.29 Å². The van der Waals surface area contributed by atoms with E-state index in [0.29, 0.717) is 16.3 Å². The van der Waals surface area contributed by atoms with E-state index >= 15 is 0 Å². The molecule has 0 atom stereocenters. The fourth-order valence-electron chi connectivity index (χ4n) is 2.78. The molecule has 1 heterocycles. The smallest absolute Gasteiger partial charge is 0.264 e. The third-order valence-corrected chi connectivity index (χ3v) is 4.70. The second-order valence-electron chi connectivity index (χ2n) is 5.14. The summed E-state index contributed by atoms with van der Waals surface area (Å²) in [4.78, 5) is 23.9. The molecule has 0 amide bonds. The zero-order chi connectivity index (χ0) is 16.6. The van der Waals surface area contributed by atoms with Gasteiger partial charge in [0.25, 0.3) is 5.91 Å². The van der Waals surface area contributed by atoms with Gasteiger partial charge >= 0.3 is 0 Å². The SMILES string of the molecule is Cc1c(C[C]=O)c2ccccc2n1C(=O)c1cccc(Cl)c1Cl. The third kappa shape index (κ3) is 2.56. The maximum Gasteiger partial charge on any atom is 0.264 e. The summed E-state index contributed by atoms with van der Waals surface area (Å²) in [6, 6.07) is 12.4. The van der Waals surface area contributed by atoms with Crippen LogP contribution >= 0.6 is 23.2 Å². The van der Waals surface area contributed by atoms with Crippen molar-refractivity contribution in [2.75, 3.05) is 0 Å². The Labute approximate surface area is 143 Å². The second kappa shape index (κ2) is 6.19. The van der Waals surface area contributed by atoms with Crippen molar-refractivity contribution >= 4 is 46.3 Å². The first-order valence-corrected chi connectivity index (χ1v) is 7.74. The van der Waals surface area contributed by atoms with Crippen molar-refractivity contribution in [2.45, 2.75) is 13.3 Å². The lowest BCUT2D eigenvalue weighted by molar-refractivity contribution is 0.0963. The van der Waals surface area contributed by atoms with E-state index in [1.54, 1.807) is 22.8 Å². The summed E-state index contributed by atoms with van der Waals surface area (Å²) in [6.07, 6.45) is 2.04. The van der Waals surface area contributed by atoms with Gasteiger partial charge < -0.3 is 0 Å². The van der Waals surface area contributed by atoms with Crippen molar-refractivity contribution in [1.82, 2.24) is 4.57 Å². The highest BCUT2D eigenvalue weighted by Gasteiger charge is 2.21. The molecule has 0 aliphatic heterocycles. The number of rotatable bonds is 3. The Morgan fingerprint density at radius 2 is 1.87 bits per heavy atom. The molecule has 115 valence electrons. The number of nitrogens with zero attached hydrogens (tertiary/aromatic N) is 1. The minimum absolute atomic E-state index is 0.135. The van der Waals surface area contributed by atoms with Crippen LogP contribution in [0, 0.1) is 6.92 Å². The number of aromatic nitrogens is 1. The van der Waals surface area contributed by atoms with Crippen LogP contribution in [0.1, 0.15) is 21.6 Å². The van der Waals surface area contributed by atoms with Gasteiger partial charge in [-0.1, -0.05) is 47.5 Å². The highest BCUT2D eigenvalue weighted by atomic mass is 35.5. The Morgan fingerprint density at radius 3 is 2.61 bits per heavy atom. The Hall–Kier alpha value is -2.10. The van der Waals surface area contributed by atoms with Gasteiger partial charge in [0.1, 0.15) is 0 Å². The molecule has 0 saturated carbocycles. The number of benzene rings is 2. The highest BCUT2D eigenvalue weighted by Crippen LogP contribution is 2.30. The Balaban J connectivity index is 2.27. The van der Waals surface area contributed by atoms with Crippen LogP contribution in [0.4, 0.5) is 0 Å².